The number of carbonyl (C=O) groups excluding carboxylic acids is 1. The summed E-state index contributed by atoms with van der Waals surface area (Å²) >= 11 is 0. The third kappa shape index (κ3) is 1.33. The molecule has 0 saturated heterocycles. The molecule has 0 bridgehead atoms. The summed E-state index contributed by atoms with van der Waals surface area (Å²) in [5.74, 6) is 0.0470. The number of hydrogen-bond acceptors (Lipinski definition) is 2. The van der Waals surface area contributed by atoms with Crippen molar-refractivity contribution in [3.8, 4) is 0 Å². The zero-order chi connectivity index (χ0) is 7.56. The molecule has 0 N–H and O–H groups in total. The molecular weight excluding hydrogens is 128 g/mol. The molecule has 0 fully saturated rings. The molecule has 1 unspecified atom stereocenters. The Labute approximate surface area is 60.2 Å². The van der Waals surface area contributed by atoms with Gasteiger partial charge in [-0.1, -0.05) is 0 Å². The van der Waals surface area contributed by atoms with Gasteiger partial charge in [0, 0.05) is 7.11 Å². The van der Waals surface area contributed by atoms with Gasteiger partial charge in [-0.25, -0.2) is 0 Å². The molecule has 1 aliphatic rings. The number of carbonyl (C=O) groups is 1. The van der Waals surface area contributed by atoms with Gasteiger partial charge >= 0.3 is 0 Å². The Hall–Kier alpha value is -0.890. The maximum absolute atomic E-state index is 10.7. The zero-order valence-electron chi connectivity index (χ0n) is 6.13. The molecule has 0 saturated carbocycles. The molecule has 2 nitrogen and oxygen atoms in total. The van der Waals surface area contributed by atoms with E-state index in [4.69, 9.17) is 4.74 Å². The second-order valence-corrected chi connectivity index (χ2v) is 2.31. The number of ether oxygens (including phenoxy) is 1. The molecule has 10 heavy (non-hydrogen) atoms. The van der Waals surface area contributed by atoms with Crippen molar-refractivity contribution < 1.29 is 9.53 Å². The van der Waals surface area contributed by atoms with E-state index in [1.807, 2.05) is 6.92 Å². The van der Waals surface area contributed by atoms with Gasteiger partial charge in [-0.3, -0.25) is 4.79 Å². The van der Waals surface area contributed by atoms with Crippen LogP contribution in [0, 0.1) is 0 Å². The first kappa shape index (κ1) is 7.22. The van der Waals surface area contributed by atoms with E-state index in [1.54, 1.807) is 19.3 Å². The average molecular weight is 138 g/mol. The Bertz CT molecular complexity index is 201. The van der Waals surface area contributed by atoms with Gasteiger partial charge in [0.25, 0.3) is 0 Å². The predicted octanol–water partition coefficient (Wildman–Crippen LogP) is 1.09. The molecule has 0 aromatic heterocycles. The molecule has 0 heterocycles. The normalized spacial score (nSPS) is 24.8. The largest absolute Gasteiger partial charge is 0.373 e. The number of ketones is 1. The third-order valence-electron chi connectivity index (χ3n) is 1.51. The number of hydrogen-bond donors (Lipinski definition) is 0. The van der Waals surface area contributed by atoms with E-state index in [-0.39, 0.29) is 11.9 Å². The van der Waals surface area contributed by atoms with Crippen LogP contribution in [0.1, 0.15) is 6.92 Å². The van der Waals surface area contributed by atoms with Crippen molar-refractivity contribution in [2.45, 2.75) is 13.0 Å². The molecule has 0 amide bonds. The van der Waals surface area contributed by atoms with E-state index in [1.165, 1.54) is 6.08 Å². The van der Waals surface area contributed by atoms with Gasteiger partial charge in [0.05, 0.1) is 6.10 Å². The van der Waals surface area contributed by atoms with Crippen LogP contribution in [-0.2, 0) is 9.53 Å². The molecule has 0 radical (unpaired) electrons. The van der Waals surface area contributed by atoms with E-state index >= 15 is 0 Å². The number of methoxy groups -OCH3 is 1. The summed E-state index contributed by atoms with van der Waals surface area (Å²) in [7, 11) is 1.63. The van der Waals surface area contributed by atoms with Crippen LogP contribution >= 0.6 is 0 Å². The summed E-state index contributed by atoms with van der Waals surface area (Å²) in [6.07, 6.45) is 4.88. The Kier molecular flexibility index (Phi) is 2.02. The van der Waals surface area contributed by atoms with E-state index in [9.17, 15) is 4.79 Å². The molecule has 1 rings (SSSR count). The summed E-state index contributed by atoms with van der Waals surface area (Å²) in [6, 6.07) is 0. The quantitative estimate of drug-likeness (QED) is 0.542. The highest BCUT2D eigenvalue weighted by molar-refractivity contribution is 6.00. The lowest BCUT2D eigenvalue weighted by atomic mass is 10.0. The first-order valence-corrected chi connectivity index (χ1v) is 3.17. The van der Waals surface area contributed by atoms with E-state index < -0.39 is 0 Å². The van der Waals surface area contributed by atoms with Gasteiger partial charge in [-0.15, -0.1) is 0 Å². The Morgan fingerprint density at radius 1 is 1.60 bits per heavy atom. The molecule has 1 atom stereocenters. The van der Waals surface area contributed by atoms with Crippen LogP contribution in [0.2, 0.25) is 0 Å². The highest BCUT2D eigenvalue weighted by Crippen LogP contribution is 2.11. The first-order valence-electron chi connectivity index (χ1n) is 3.17. The van der Waals surface area contributed by atoms with Crippen LogP contribution in [-0.4, -0.2) is 19.0 Å². The Morgan fingerprint density at radius 3 is 2.80 bits per heavy atom. The van der Waals surface area contributed by atoms with Crippen LogP contribution in [0.25, 0.3) is 0 Å². The van der Waals surface area contributed by atoms with Crippen molar-refractivity contribution in [1.82, 2.24) is 0 Å². The van der Waals surface area contributed by atoms with Gasteiger partial charge in [-0.05, 0) is 30.7 Å². The van der Waals surface area contributed by atoms with Crippen molar-refractivity contribution in [1.29, 1.82) is 0 Å². The molecule has 0 aromatic carbocycles. The maximum atomic E-state index is 10.7. The van der Waals surface area contributed by atoms with Crippen LogP contribution in [0.15, 0.2) is 23.8 Å². The summed E-state index contributed by atoms with van der Waals surface area (Å²) in [4.78, 5) is 10.7. The van der Waals surface area contributed by atoms with Gasteiger partial charge in [0.15, 0.2) is 5.78 Å². The monoisotopic (exact) mass is 138 g/mol. The number of allylic oxidation sites excluding steroid dienone is 2. The minimum atomic E-state index is -0.00213. The molecule has 0 spiro atoms. The van der Waals surface area contributed by atoms with E-state index in [0.717, 1.165) is 5.57 Å². The van der Waals surface area contributed by atoms with Crippen LogP contribution in [0.5, 0.6) is 0 Å². The maximum Gasteiger partial charge on any atom is 0.178 e. The highest BCUT2D eigenvalue weighted by Gasteiger charge is 2.10. The van der Waals surface area contributed by atoms with Crippen LogP contribution < -0.4 is 0 Å². The molecule has 54 valence electrons. The Balaban J connectivity index is 2.75. The summed E-state index contributed by atoms with van der Waals surface area (Å²) < 4.78 is 5.04. The lowest BCUT2D eigenvalue weighted by Gasteiger charge is -2.13. The van der Waals surface area contributed by atoms with Crippen molar-refractivity contribution >= 4 is 5.78 Å². The van der Waals surface area contributed by atoms with Crippen molar-refractivity contribution in [3.05, 3.63) is 23.8 Å². The molecule has 0 aliphatic heterocycles. The Morgan fingerprint density at radius 2 is 2.30 bits per heavy atom. The van der Waals surface area contributed by atoms with Crippen molar-refractivity contribution in [2.75, 3.05) is 7.11 Å². The smallest absolute Gasteiger partial charge is 0.178 e. The molecular formula is C8H10O2. The van der Waals surface area contributed by atoms with Gasteiger partial charge in [0.1, 0.15) is 0 Å². The number of rotatable bonds is 1. The second-order valence-electron chi connectivity index (χ2n) is 2.31. The lowest BCUT2D eigenvalue weighted by Crippen LogP contribution is -2.13. The zero-order valence-corrected chi connectivity index (χ0v) is 6.13. The second kappa shape index (κ2) is 2.80. The SMILES string of the molecule is COC1C=CC(=O)C=C1C. The van der Waals surface area contributed by atoms with Crippen LogP contribution in [0.4, 0.5) is 0 Å². The van der Waals surface area contributed by atoms with Crippen molar-refractivity contribution in [3.63, 3.8) is 0 Å². The molecule has 0 aromatic rings. The van der Waals surface area contributed by atoms with E-state index in [0.29, 0.717) is 0 Å². The van der Waals surface area contributed by atoms with Crippen LogP contribution in [0.3, 0.4) is 0 Å². The van der Waals surface area contributed by atoms with E-state index in [2.05, 4.69) is 0 Å². The van der Waals surface area contributed by atoms with Gasteiger partial charge in [-0.2, -0.15) is 0 Å². The molecule has 1 aliphatic carbocycles. The highest BCUT2D eigenvalue weighted by atomic mass is 16.5. The fourth-order valence-electron chi connectivity index (χ4n) is 0.953. The average Bonchev–Trinajstić information content (AvgIpc) is 1.88. The summed E-state index contributed by atoms with van der Waals surface area (Å²) in [5, 5.41) is 0. The standard InChI is InChI=1S/C8H10O2/c1-6-5-7(9)3-4-8(6)10-2/h3-5,8H,1-2H3. The van der Waals surface area contributed by atoms with Crippen molar-refractivity contribution in [2.24, 2.45) is 0 Å². The summed E-state index contributed by atoms with van der Waals surface area (Å²) in [6.45, 7) is 1.88. The topological polar surface area (TPSA) is 26.3 Å². The third-order valence-corrected chi connectivity index (χ3v) is 1.51. The minimum absolute atomic E-state index is 0.00213. The first-order chi connectivity index (χ1) is 4.74. The van der Waals surface area contributed by atoms with Gasteiger partial charge < -0.3 is 4.74 Å². The predicted molar refractivity (Wildman–Crippen MR) is 38.7 cm³/mol. The fraction of sp³-hybridized carbons (Fsp3) is 0.375. The summed E-state index contributed by atoms with van der Waals surface area (Å²) in [5.41, 5.74) is 0.968. The van der Waals surface area contributed by atoms with Gasteiger partial charge in [0.2, 0.25) is 0 Å². The molecule has 2 heteroatoms. The minimum Gasteiger partial charge on any atom is -0.373 e. The lowest BCUT2D eigenvalue weighted by molar-refractivity contribution is -0.110. The fourth-order valence-corrected chi connectivity index (χ4v) is 0.953.